The van der Waals surface area contributed by atoms with Crippen LogP contribution in [0.25, 0.3) is 0 Å². The van der Waals surface area contributed by atoms with Gasteiger partial charge in [0.15, 0.2) is 0 Å². The Balaban J connectivity index is 2.94. The van der Waals surface area contributed by atoms with Gasteiger partial charge in [0, 0.05) is 5.56 Å². The summed E-state index contributed by atoms with van der Waals surface area (Å²) in [7, 11) is 0. The number of hydrogen-bond donors (Lipinski definition) is 3. The second kappa shape index (κ2) is 4.61. The smallest absolute Gasteiger partial charge is 0.332 e. The van der Waals surface area contributed by atoms with Crippen molar-refractivity contribution in [1.29, 1.82) is 0 Å². The fraction of sp³-hybridized carbons (Fsp3) is 0. The number of benzene rings is 1. The minimum Gasteiger partial charge on any atom is -0.506 e. The summed E-state index contributed by atoms with van der Waals surface area (Å²) in [5, 5.41) is 12.6. The molecular weight excluding hydrogens is 225 g/mol. The number of phenolic OH excluding ortho intramolecular Hbond substituents is 1. The van der Waals surface area contributed by atoms with Crippen LogP contribution >= 0.6 is 11.6 Å². The molecule has 0 aliphatic heterocycles. The maximum absolute atomic E-state index is 12.8. The van der Waals surface area contributed by atoms with Crippen LogP contribution in [-0.2, 0) is 0 Å². The fourth-order valence-electron chi connectivity index (χ4n) is 0.850. The van der Waals surface area contributed by atoms with Gasteiger partial charge in [0.2, 0.25) is 0 Å². The van der Waals surface area contributed by atoms with Crippen molar-refractivity contribution in [2.24, 2.45) is 10.8 Å². The van der Waals surface area contributed by atoms with Crippen LogP contribution in [0.4, 0.5) is 9.18 Å². The zero-order chi connectivity index (χ0) is 11.4. The lowest BCUT2D eigenvalue weighted by molar-refractivity contribution is 0.249. The average molecular weight is 232 g/mol. The van der Waals surface area contributed by atoms with Crippen molar-refractivity contribution in [3.63, 3.8) is 0 Å². The second-order valence-electron chi connectivity index (χ2n) is 2.56. The molecule has 0 saturated heterocycles. The molecule has 0 aliphatic rings. The van der Waals surface area contributed by atoms with Gasteiger partial charge in [-0.1, -0.05) is 11.6 Å². The number of nitrogens with zero attached hydrogens (tertiary/aromatic N) is 1. The van der Waals surface area contributed by atoms with E-state index >= 15 is 0 Å². The van der Waals surface area contributed by atoms with Gasteiger partial charge in [-0.2, -0.15) is 5.10 Å². The molecule has 0 atom stereocenters. The highest BCUT2D eigenvalue weighted by molar-refractivity contribution is 6.32. The summed E-state index contributed by atoms with van der Waals surface area (Å²) in [5.41, 5.74) is 6.66. The summed E-state index contributed by atoms with van der Waals surface area (Å²) < 4.78 is 12.8. The van der Waals surface area contributed by atoms with E-state index in [-0.39, 0.29) is 16.3 Å². The van der Waals surface area contributed by atoms with Gasteiger partial charge in [0.05, 0.1) is 11.2 Å². The molecule has 1 aromatic rings. The first kappa shape index (κ1) is 11.3. The van der Waals surface area contributed by atoms with Crippen LogP contribution in [0.1, 0.15) is 5.56 Å². The van der Waals surface area contributed by atoms with Crippen LogP contribution in [0.3, 0.4) is 0 Å². The first-order chi connectivity index (χ1) is 7.00. The Kier molecular flexibility index (Phi) is 3.46. The molecule has 0 aliphatic carbocycles. The summed E-state index contributed by atoms with van der Waals surface area (Å²) in [6.45, 7) is 0. The predicted molar refractivity (Wildman–Crippen MR) is 53.4 cm³/mol. The Bertz CT molecular complexity index is 423. The van der Waals surface area contributed by atoms with Gasteiger partial charge >= 0.3 is 6.03 Å². The first-order valence-corrected chi connectivity index (χ1v) is 4.15. The largest absolute Gasteiger partial charge is 0.506 e. The summed E-state index contributed by atoms with van der Waals surface area (Å²) in [5.74, 6) is -0.952. The predicted octanol–water partition coefficient (Wildman–Crippen LogP) is 1.19. The van der Waals surface area contributed by atoms with Crippen molar-refractivity contribution < 1.29 is 14.3 Å². The maximum Gasteiger partial charge on any atom is 0.332 e. The molecular formula is C8H7ClFN3O2. The number of urea groups is 1. The molecule has 0 spiro atoms. The lowest BCUT2D eigenvalue weighted by Crippen LogP contribution is -2.24. The number of nitrogens with one attached hydrogen (secondary N) is 1. The average Bonchev–Trinajstić information content (AvgIpc) is 2.12. The third-order valence-electron chi connectivity index (χ3n) is 1.44. The maximum atomic E-state index is 12.8. The van der Waals surface area contributed by atoms with Gasteiger partial charge in [-0.25, -0.2) is 14.6 Å². The Hall–Kier alpha value is -1.82. The molecule has 0 radical (unpaired) electrons. The summed E-state index contributed by atoms with van der Waals surface area (Å²) in [6.07, 6.45) is 1.02. The number of carbonyl (C=O) groups excluding carboxylic acids is 1. The van der Waals surface area contributed by atoms with Gasteiger partial charge in [0.25, 0.3) is 0 Å². The highest BCUT2D eigenvalue weighted by Crippen LogP contribution is 2.27. The van der Waals surface area contributed by atoms with Gasteiger partial charge in [-0.15, -0.1) is 0 Å². The quantitative estimate of drug-likeness (QED) is 0.527. The summed E-state index contributed by atoms with van der Waals surface area (Å²) in [4.78, 5) is 10.2. The number of aromatic hydroxyl groups is 1. The van der Waals surface area contributed by atoms with Crippen molar-refractivity contribution in [3.8, 4) is 5.75 Å². The van der Waals surface area contributed by atoms with Crippen LogP contribution in [0, 0.1) is 5.82 Å². The van der Waals surface area contributed by atoms with Crippen molar-refractivity contribution in [1.82, 2.24) is 5.43 Å². The topological polar surface area (TPSA) is 87.7 Å². The fourth-order valence-corrected chi connectivity index (χ4v) is 1.06. The van der Waals surface area contributed by atoms with E-state index in [1.165, 1.54) is 0 Å². The monoisotopic (exact) mass is 231 g/mol. The SMILES string of the molecule is NC(=O)NN=Cc1cc(F)cc(Cl)c1O. The molecule has 2 amide bonds. The first-order valence-electron chi connectivity index (χ1n) is 3.77. The van der Waals surface area contributed by atoms with Gasteiger partial charge in [0.1, 0.15) is 11.6 Å². The lowest BCUT2D eigenvalue weighted by atomic mass is 10.2. The molecule has 0 bridgehead atoms. The molecule has 4 N–H and O–H groups in total. The Morgan fingerprint density at radius 1 is 1.67 bits per heavy atom. The van der Waals surface area contributed by atoms with Crippen LogP contribution in [0.5, 0.6) is 5.75 Å². The van der Waals surface area contributed by atoms with E-state index in [0.29, 0.717) is 0 Å². The van der Waals surface area contributed by atoms with E-state index in [1.807, 2.05) is 5.43 Å². The molecule has 1 aromatic carbocycles. The molecule has 0 aromatic heterocycles. The number of hydrogen-bond acceptors (Lipinski definition) is 3. The van der Waals surface area contributed by atoms with Crippen LogP contribution in [0.15, 0.2) is 17.2 Å². The molecule has 15 heavy (non-hydrogen) atoms. The lowest BCUT2D eigenvalue weighted by Gasteiger charge is -2.01. The van der Waals surface area contributed by atoms with Crippen molar-refractivity contribution >= 4 is 23.8 Å². The molecule has 0 unspecified atom stereocenters. The van der Waals surface area contributed by atoms with Crippen LogP contribution in [-0.4, -0.2) is 17.4 Å². The van der Waals surface area contributed by atoms with E-state index in [4.69, 9.17) is 17.3 Å². The van der Waals surface area contributed by atoms with E-state index in [1.54, 1.807) is 0 Å². The molecule has 7 heteroatoms. The molecule has 0 saturated carbocycles. The van der Waals surface area contributed by atoms with Gasteiger partial charge in [-0.05, 0) is 12.1 Å². The highest BCUT2D eigenvalue weighted by atomic mass is 35.5. The number of halogens is 2. The molecule has 0 fully saturated rings. The van der Waals surface area contributed by atoms with E-state index in [9.17, 15) is 14.3 Å². The van der Waals surface area contributed by atoms with Crippen LogP contribution in [0.2, 0.25) is 5.02 Å². The third kappa shape index (κ3) is 3.10. The zero-order valence-corrected chi connectivity index (χ0v) is 8.12. The highest BCUT2D eigenvalue weighted by Gasteiger charge is 2.06. The number of primary amides is 1. The Morgan fingerprint density at radius 2 is 2.33 bits per heavy atom. The second-order valence-corrected chi connectivity index (χ2v) is 2.97. The molecule has 5 nitrogen and oxygen atoms in total. The number of hydrazone groups is 1. The van der Waals surface area contributed by atoms with E-state index in [0.717, 1.165) is 18.3 Å². The van der Waals surface area contributed by atoms with E-state index in [2.05, 4.69) is 5.10 Å². The van der Waals surface area contributed by atoms with Crippen molar-refractivity contribution in [3.05, 3.63) is 28.5 Å². The molecule has 0 heterocycles. The standard InChI is InChI=1S/C8H7ClFN3O2/c9-6-2-5(10)1-4(7(6)14)3-12-13-8(11)15/h1-3,14H,(H3,11,13,15). The van der Waals surface area contributed by atoms with E-state index < -0.39 is 11.8 Å². The third-order valence-corrected chi connectivity index (χ3v) is 1.72. The molecule has 80 valence electrons. The minimum absolute atomic E-state index is 0.0359. The number of nitrogens with two attached hydrogens (primary N) is 1. The van der Waals surface area contributed by atoms with Crippen LogP contribution < -0.4 is 11.2 Å². The summed E-state index contributed by atoms with van der Waals surface area (Å²) >= 11 is 5.50. The number of rotatable bonds is 2. The van der Waals surface area contributed by atoms with Gasteiger partial charge in [-0.3, -0.25) is 0 Å². The normalized spacial score (nSPS) is 10.5. The number of phenols is 1. The van der Waals surface area contributed by atoms with Crippen molar-refractivity contribution in [2.75, 3.05) is 0 Å². The van der Waals surface area contributed by atoms with Gasteiger partial charge < -0.3 is 10.8 Å². The number of carbonyl (C=O) groups is 1. The van der Waals surface area contributed by atoms with Crippen molar-refractivity contribution in [2.45, 2.75) is 0 Å². The Labute approximate surface area is 89.3 Å². The number of amides is 2. The zero-order valence-electron chi connectivity index (χ0n) is 7.37. The summed E-state index contributed by atoms with van der Waals surface area (Å²) in [6, 6.07) is 1.09. The Morgan fingerprint density at radius 3 is 2.93 bits per heavy atom. The minimum atomic E-state index is -0.867. The molecule has 1 rings (SSSR count).